The molecule has 0 bridgehead atoms. The van der Waals surface area contributed by atoms with Crippen LogP contribution in [0.15, 0.2) is 53.5 Å². The molecular weight excluding hydrogens is 319 g/mol. The molecule has 5 heteroatoms. The van der Waals surface area contributed by atoms with Crippen LogP contribution in [0.25, 0.3) is 10.9 Å². The number of H-pyrrole nitrogens is 1. The maximum atomic E-state index is 14.3. The van der Waals surface area contributed by atoms with Gasteiger partial charge in [0.1, 0.15) is 11.4 Å². The number of fused-ring (bicyclic) bond motifs is 1. The summed E-state index contributed by atoms with van der Waals surface area (Å²) in [5.74, 6) is -0.965. The van der Waals surface area contributed by atoms with E-state index in [0.717, 1.165) is 0 Å². The van der Waals surface area contributed by atoms with E-state index in [4.69, 9.17) is 0 Å². The summed E-state index contributed by atoms with van der Waals surface area (Å²) in [5.41, 5.74) is 0.821. The molecule has 3 rings (SSSR count). The van der Waals surface area contributed by atoms with Gasteiger partial charge in [-0.3, -0.25) is 9.59 Å². The lowest BCUT2D eigenvalue weighted by Crippen LogP contribution is -2.22. The summed E-state index contributed by atoms with van der Waals surface area (Å²) in [6.07, 6.45) is 1.37. The van der Waals surface area contributed by atoms with Gasteiger partial charge in [-0.1, -0.05) is 39.0 Å². The Morgan fingerprint density at radius 2 is 1.84 bits per heavy atom. The van der Waals surface area contributed by atoms with E-state index in [1.807, 2.05) is 20.8 Å². The Morgan fingerprint density at radius 1 is 1.12 bits per heavy atom. The number of aromatic amines is 1. The van der Waals surface area contributed by atoms with Gasteiger partial charge in [0.15, 0.2) is 0 Å². The molecule has 128 valence electrons. The monoisotopic (exact) mass is 338 g/mol. The molecule has 0 saturated carbocycles. The van der Waals surface area contributed by atoms with Crippen LogP contribution in [0.1, 0.15) is 36.7 Å². The highest BCUT2D eigenvalue weighted by molar-refractivity contribution is 6.05. The van der Waals surface area contributed by atoms with Crippen LogP contribution in [-0.4, -0.2) is 10.9 Å². The van der Waals surface area contributed by atoms with Crippen molar-refractivity contribution >= 4 is 22.5 Å². The van der Waals surface area contributed by atoms with Crippen molar-refractivity contribution in [2.45, 2.75) is 26.2 Å². The van der Waals surface area contributed by atoms with Gasteiger partial charge in [0.25, 0.3) is 5.91 Å². The molecule has 0 aliphatic heterocycles. The quantitative estimate of drug-likeness (QED) is 0.735. The minimum Gasteiger partial charge on any atom is -0.360 e. The average molecular weight is 338 g/mol. The van der Waals surface area contributed by atoms with Gasteiger partial charge < -0.3 is 10.3 Å². The van der Waals surface area contributed by atoms with Gasteiger partial charge >= 0.3 is 0 Å². The van der Waals surface area contributed by atoms with Gasteiger partial charge in [-0.2, -0.15) is 0 Å². The maximum absolute atomic E-state index is 14.3. The van der Waals surface area contributed by atoms with Crippen molar-refractivity contribution in [1.82, 2.24) is 4.98 Å². The van der Waals surface area contributed by atoms with Gasteiger partial charge in [0, 0.05) is 22.8 Å². The number of rotatable bonds is 2. The molecule has 2 N–H and O–H groups in total. The van der Waals surface area contributed by atoms with E-state index in [1.54, 1.807) is 36.4 Å². The van der Waals surface area contributed by atoms with Crippen molar-refractivity contribution in [2.24, 2.45) is 0 Å². The molecule has 4 nitrogen and oxygen atoms in total. The van der Waals surface area contributed by atoms with Crippen LogP contribution >= 0.6 is 0 Å². The lowest BCUT2D eigenvalue weighted by molar-refractivity contribution is 0.102. The van der Waals surface area contributed by atoms with Crippen LogP contribution in [0.3, 0.4) is 0 Å². The first-order chi connectivity index (χ1) is 11.8. The first-order valence-electron chi connectivity index (χ1n) is 7.99. The number of carbonyl (C=O) groups excluding carboxylic acids is 1. The van der Waals surface area contributed by atoms with Crippen molar-refractivity contribution in [2.75, 3.05) is 5.32 Å². The summed E-state index contributed by atoms with van der Waals surface area (Å²) in [6, 6.07) is 11.5. The smallest absolute Gasteiger partial charge is 0.261 e. The molecule has 1 aromatic heterocycles. The van der Waals surface area contributed by atoms with E-state index in [2.05, 4.69) is 10.3 Å². The molecule has 0 spiro atoms. The van der Waals surface area contributed by atoms with Crippen molar-refractivity contribution in [1.29, 1.82) is 0 Å². The SMILES string of the molecule is CC(C)(C)c1ccc(NC(=O)c2c[nH]c3ccccc3c2=O)cc1F. The Balaban J connectivity index is 1.92. The molecule has 0 atom stereocenters. The Labute approximate surface area is 144 Å². The van der Waals surface area contributed by atoms with Gasteiger partial charge in [-0.15, -0.1) is 0 Å². The number of carbonyl (C=O) groups is 1. The van der Waals surface area contributed by atoms with Gasteiger partial charge in [-0.05, 0) is 35.2 Å². The highest BCUT2D eigenvalue weighted by Crippen LogP contribution is 2.27. The van der Waals surface area contributed by atoms with Crippen molar-refractivity contribution < 1.29 is 9.18 Å². The summed E-state index contributed by atoms with van der Waals surface area (Å²) < 4.78 is 14.3. The predicted octanol–water partition coefficient (Wildman–Crippen LogP) is 4.22. The Kier molecular flexibility index (Phi) is 4.17. The number of hydrogen-bond acceptors (Lipinski definition) is 2. The number of para-hydroxylation sites is 1. The second kappa shape index (κ2) is 6.16. The van der Waals surface area contributed by atoms with Crippen molar-refractivity contribution in [3.05, 3.63) is 75.8 Å². The lowest BCUT2D eigenvalue weighted by atomic mass is 9.86. The zero-order chi connectivity index (χ0) is 18.2. The fraction of sp³-hybridized carbons (Fsp3) is 0.200. The van der Waals surface area contributed by atoms with Crippen LogP contribution in [0.2, 0.25) is 0 Å². The molecule has 1 amide bonds. The number of benzene rings is 2. The summed E-state index contributed by atoms with van der Waals surface area (Å²) in [5, 5.41) is 3.02. The number of halogens is 1. The standard InChI is InChI=1S/C20H19FN2O2/c1-20(2,3)15-9-8-12(10-16(15)21)23-19(25)14-11-22-17-7-5-4-6-13(17)18(14)24/h4-11H,1-3H3,(H,22,24)(H,23,25). The highest BCUT2D eigenvalue weighted by Gasteiger charge is 2.19. The normalized spacial score (nSPS) is 11.5. The number of pyridine rings is 1. The van der Waals surface area contributed by atoms with Gasteiger partial charge in [0.2, 0.25) is 5.43 Å². The van der Waals surface area contributed by atoms with Crippen LogP contribution in [-0.2, 0) is 5.41 Å². The fourth-order valence-corrected chi connectivity index (χ4v) is 2.74. The average Bonchev–Trinajstić information content (AvgIpc) is 2.54. The fourth-order valence-electron chi connectivity index (χ4n) is 2.74. The largest absolute Gasteiger partial charge is 0.360 e. The molecule has 0 aliphatic carbocycles. The number of anilines is 1. The third kappa shape index (κ3) is 3.31. The zero-order valence-electron chi connectivity index (χ0n) is 14.3. The molecule has 0 fully saturated rings. The summed E-state index contributed by atoms with van der Waals surface area (Å²) in [4.78, 5) is 27.8. The van der Waals surface area contributed by atoms with E-state index < -0.39 is 11.7 Å². The highest BCUT2D eigenvalue weighted by atomic mass is 19.1. The maximum Gasteiger partial charge on any atom is 0.261 e. The van der Waals surface area contributed by atoms with Crippen molar-refractivity contribution in [3.8, 4) is 0 Å². The number of hydrogen-bond donors (Lipinski definition) is 2. The van der Waals surface area contributed by atoms with Crippen LogP contribution in [0, 0.1) is 5.82 Å². The Bertz CT molecular complexity index is 1020. The molecule has 25 heavy (non-hydrogen) atoms. The summed E-state index contributed by atoms with van der Waals surface area (Å²) >= 11 is 0. The molecule has 0 saturated heterocycles. The molecular formula is C20H19FN2O2. The molecule has 1 heterocycles. The minimum atomic E-state index is -0.574. The zero-order valence-corrected chi connectivity index (χ0v) is 14.3. The third-order valence-corrected chi connectivity index (χ3v) is 4.07. The van der Waals surface area contributed by atoms with E-state index in [1.165, 1.54) is 12.3 Å². The van der Waals surface area contributed by atoms with Crippen LogP contribution < -0.4 is 10.7 Å². The summed E-state index contributed by atoms with van der Waals surface area (Å²) in [6.45, 7) is 5.74. The lowest BCUT2D eigenvalue weighted by Gasteiger charge is -2.20. The molecule has 0 aliphatic rings. The molecule has 0 unspecified atom stereocenters. The van der Waals surface area contributed by atoms with E-state index in [0.29, 0.717) is 22.2 Å². The predicted molar refractivity (Wildman–Crippen MR) is 97.6 cm³/mol. The second-order valence-corrected chi connectivity index (χ2v) is 6.98. The summed E-state index contributed by atoms with van der Waals surface area (Å²) in [7, 11) is 0. The third-order valence-electron chi connectivity index (χ3n) is 4.07. The van der Waals surface area contributed by atoms with E-state index in [9.17, 15) is 14.0 Å². The number of aromatic nitrogens is 1. The molecule has 0 radical (unpaired) electrons. The molecule has 2 aromatic carbocycles. The van der Waals surface area contributed by atoms with Crippen LogP contribution in [0.4, 0.5) is 10.1 Å². The second-order valence-electron chi connectivity index (χ2n) is 6.98. The number of amides is 1. The van der Waals surface area contributed by atoms with E-state index in [-0.39, 0.29) is 16.4 Å². The minimum absolute atomic E-state index is 0.0148. The van der Waals surface area contributed by atoms with E-state index >= 15 is 0 Å². The first-order valence-corrected chi connectivity index (χ1v) is 7.99. The van der Waals surface area contributed by atoms with Crippen molar-refractivity contribution in [3.63, 3.8) is 0 Å². The Morgan fingerprint density at radius 3 is 2.52 bits per heavy atom. The van der Waals surface area contributed by atoms with Crippen LogP contribution in [0.5, 0.6) is 0 Å². The first kappa shape index (κ1) is 16.9. The van der Waals surface area contributed by atoms with Gasteiger partial charge in [0.05, 0.1) is 0 Å². The molecule has 3 aromatic rings. The van der Waals surface area contributed by atoms with Gasteiger partial charge in [-0.25, -0.2) is 4.39 Å². The topological polar surface area (TPSA) is 62.0 Å². The Hall–Kier alpha value is -2.95. The number of nitrogens with one attached hydrogen (secondary N) is 2.